The number of amides is 1. The highest BCUT2D eigenvalue weighted by Crippen LogP contribution is 2.27. The third kappa shape index (κ3) is 5.93. The highest BCUT2D eigenvalue weighted by molar-refractivity contribution is 7.86. The third-order valence-electron chi connectivity index (χ3n) is 3.98. The fourth-order valence-electron chi connectivity index (χ4n) is 2.77. The van der Waals surface area contributed by atoms with E-state index in [4.69, 9.17) is 4.74 Å². The molecular formula is C17H26FN3O4S. The van der Waals surface area contributed by atoms with Crippen molar-refractivity contribution >= 4 is 22.0 Å². The van der Waals surface area contributed by atoms with Crippen LogP contribution in [0.5, 0.6) is 0 Å². The Morgan fingerprint density at radius 2 is 1.92 bits per heavy atom. The molecule has 1 aliphatic rings. The van der Waals surface area contributed by atoms with Gasteiger partial charge in [-0.1, -0.05) is 0 Å². The molecule has 1 amide bonds. The molecule has 1 heterocycles. The average Bonchev–Trinajstić information content (AvgIpc) is 2.48. The number of hydrogen-bond acceptors (Lipinski definition) is 6. The van der Waals surface area contributed by atoms with Gasteiger partial charge in [-0.25, -0.2) is 4.79 Å². The fraction of sp³-hybridized carbons (Fsp3) is 0.588. The van der Waals surface area contributed by atoms with Gasteiger partial charge in [-0.2, -0.15) is 8.42 Å². The summed E-state index contributed by atoms with van der Waals surface area (Å²) in [6.45, 7) is 10.5. The van der Waals surface area contributed by atoms with Crippen LogP contribution in [0.1, 0.15) is 31.9 Å². The molecule has 0 atom stereocenters. The van der Waals surface area contributed by atoms with Crippen LogP contribution in [0.15, 0.2) is 17.0 Å². The summed E-state index contributed by atoms with van der Waals surface area (Å²) in [4.78, 5) is 13.7. The molecule has 0 unspecified atom stereocenters. The minimum atomic E-state index is -4.91. The van der Waals surface area contributed by atoms with Gasteiger partial charge >= 0.3 is 16.3 Å². The van der Waals surface area contributed by atoms with Crippen molar-refractivity contribution < 1.29 is 21.8 Å². The molecule has 0 aromatic heterocycles. The zero-order chi connectivity index (χ0) is 19.5. The predicted octanol–water partition coefficient (Wildman–Crippen LogP) is 2.41. The summed E-state index contributed by atoms with van der Waals surface area (Å²) < 4.78 is 42.0. The van der Waals surface area contributed by atoms with Crippen molar-refractivity contribution in [3.8, 4) is 0 Å². The van der Waals surface area contributed by atoms with Crippen molar-refractivity contribution in [3.63, 3.8) is 0 Å². The molecule has 1 aromatic carbocycles. The van der Waals surface area contributed by atoms with E-state index in [1.165, 1.54) is 0 Å². The van der Waals surface area contributed by atoms with Crippen molar-refractivity contribution in [2.45, 2.75) is 44.7 Å². The van der Waals surface area contributed by atoms with Gasteiger partial charge in [0.25, 0.3) is 0 Å². The van der Waals surface area contributed by atoms with Gasteiger partial charge in [0.2, 0.25) is 0 Å². The minimum Gasteiger partial charge on any atom is -0.444 e. The number of nitrogens with zero attached hydrogens (tertiary/aromatic N) is 1. The number of hydrogen-bond donors (Lipinski definition) is 2. The molecular weight excluding hydrogens is 361 g/mol. The molecule has 2 rings (SSSR count). The van der Waals surface area contributed by atoms with Gasteiger partial charge in [-0.05, 0) is 51.0 Å². The SMILES string of the molecule is Cc1c(CN2CCNCC2)cc(NC(=O)OC(C)(C)C)cc1S(=O)(=O)F. The van der Waals surface area contributed by atoms with Crippen LogP contribution in [0.25, 0.3) is 0 Å². The molecule has 26 heavy (non-hydrogen) atoms. The number of anilines is 1. The Labute approximate surface area is 154 Å². The predicted molar refractivity (Wildman–Crippen MR) is 97.5 cm³/mol. The number of carbonyl (C=O) groups excluding carboxylic acids is 1. The Bertz CT molecular complexity index is 769. The molecule has 7 nitrogen and oxygen atoms in total. The van der Waals surface area contributed by atoms with Gasteiger partial charge < -0.3 is 10.1 Å². The van der Waals surface area contributed by atoms with Crippen LogP contribution < -0.4 is 10.6 Å². The summed E-state index contributed by atoms with van der Waals surface area (Å²) in [7, 11) is -4.91. The number of piperazine rings is 1. The molecule has 1 fully saturated rings. The maximum atomic E-state index is 13.7. The van der Waals surface area contributed by atoms with E-state index >= 15 is 0 Å². The summed E-state index contributed by atoms with van der Waals surface area (Å²) in [6, 6.07) is 2.78. The monoisotopic (exact) mass is 387 g/mol. The lowest BCUT2D eigenvalue weighted by molar-refractivity contribution is 0.0636. The molecule has 0 spiro atoms. The Morgan fingerprint density at radius 3 is 2.46 bits per heavy atom. The van der Waals surface area contributed by atoms with Gasteiger partial charge in [0.05, 0.1) is 0 Å². The lowest BCUT2D eigenvalue weighted by Crippen LogP contribution is -2.43. The van der Waals surface area contributed by atoms with E-state index in [0.717, 1.165) is 32.2 Å². The Hall–Kier alpha value is -1.71. The zero-order valence-corrected chi connectivity index (χ0v) is 16.4. The number of ether oxygens (including phenoxy) is 1. The van der Waals surface area contributed by atoms with E-state index in [1.54, 1.807) is 33.8 Å². The maximum absolute atomic E-state index is 13.7. The molecule has 0 bridgehead atoms. The second kappa shape index (κ2) is 7.89. The van der Waals surface area contributed by atoms with Crippen LogP contribution in [0.4, 0.5) is 14.4 Å². The normalized spacial score (nSPS) is 16.3. The summed E-state index contributed by atoms with van der Waals surface area (Å²) in [5.41, 5.74) is 0.483. The number of halogens is 1. The standard InChI is InChI=1S/C17H26FN3O4S/c1-12-13(11-21-7-5-19-6-8-21)9-14(10-15(12)26(18,23)24)20-16(22)25-17(2,3)4/h9-10,19H,5-8,11H2,1-4H3,(H,20,22). The van der Waals surface area contributed by atoms with E-state index in [0.29, 0.717) is 17.7 Å². The van der Waals surface area contributed by atoms with Gasteiger partial charge in [0.15, 0.2) is 0 Å². The van der Waals surface area contributed by atoms with Crippen molar-refractivity contribution in [1.82, 2.24) is 10.2 Å². The first-order valence-corrected chi connectivity index (χ1v) is 9.85. The summed E-state index contributed by atoms with van der Waals surface area (Å²) >= 11 is 0. The van der Waals surface area contributed by atoms with E-state index in [1.807, 2.05) is 0 Å². The Balaban J connectivity index is 2.32. The average molecular weight is 387 g/mol. The van der Waals surface area contributed by atoms with Gasteiger partial charge in [0, 0.05) is 38.4 Å². The molecule has 146 valence electrons. The van der Waals surface area contributed by atoms with Crippen LogP contribution in [0, 0.1) is 6.92 Å². The van der Waals surface area contributed by atoms with Crippen LogP contribution in [0.3, 0.4) is 0 Å². The van der Waals surface area contributed by atoms with Gasteiger partial charge in [0.1, 0.15) is 10.5 Å². The van der Waals surface area contributed by atoms with Crippen LogP contribution in [-0.2, 0) is 21.5 Å². The molecule has 0 saturated carbocycles. The highest BCUT2D eigenvalue weighted by Gasteiger charge is 2.22. The second-order valence-electron chi connectivity index (χ2n) is 7.35. The molecule has 0 aliphatic carbocycles. The lowest BCUT2D eigenvalue weighted by atomic mass is 10.1. The van der Waals surface area contributed by atoms with E-state index in [-0.39, 0.29) is 5.69 Å². The first kappa shape index (κ1) is 20.6. The van der Waals surface area contributed by atoms with Crippen LogP contribution >= 0.6 is 0 Å². The van der Waals surface area contributed by atoms with E-state index in [9.17, 15) is 17.1 Å². The second-order valence-corrected chi connectivity index (χ2v) is 8.66. The molecule has 1 aromatic rings. The van der Waals surface area contributed by atoms with Crippen LogP contribution in [0.2, 0.25) is 0 Å². The molecule has 1 saturated heterocycles. The molecule has 9 heteroatoms. The van der Waals surface area contributed by atoms with Crippen molar-refractivity contribution in [3.05, 3.63) is 23.3 Å². The van der Waals surface area contributed by atoms with Crippen molar-refractivity contribution in [2.75, 3.05) is 31.5 Å². The first-order chi connectivity index (χ1) is 12.0. The number of rotatable bonds is 4. The third-order valence-corrected chi connectivity index (χ3v) is 4.93. The lowest BCUT2D eigenvalue weighted by Gasteiger charge is -2.28. The van der Waals surface area contributed by atoms with Crippen LogP contribution in [-0.4, -0.2) is 51.2 Å². The Morgan fingerprint density at radius 1 is 1.31 bits per heavy atom. The molecule has 0 radical (unpaired) electrons. The van der Waals surface area contributed by atoms with Crippen molar-refractivity contribution in [1.29, 1.82) is 0 Å². The van der Waals surface area contributed by atoms with Crippen molar-refractivity contribution in [2.24, 2.45) is 0 Å². The largest absolute Gasteiger partial charge is 0.444 e. The molecule has 1 aliphatic heterocycles. The summed E-state index contributed by atoms with van der Waals surface area (Å²) in [5.74, 6) is 0. The van der Waals surface area contributed by atoms with Gasteiger partial charge in [-0.3, -0.25) is 10.2 Å². The topological polar surface area (TPSA) is 87.7 Å². The highest BCUT2D eigenvalue weighted by atomic mass is 32.3. The maximum Gasteiger partial charge on any atom is 0.412 e. The van der Waals surface area contributed by atoms with Gasteiger partial charge in [-0.15, -0.1) is 3.89 Å². The smallest absolute Gasteiger partial charge is 0.412 e. The number of nitrogens with one attached hydrogen (secondary N) is 2. The molecule has 2 N–H and O–H groups in total. The van der Waals surface area contributed by atoms with E-state index in [2.05, 4.69) is 15.5 Å². The summed E-state index contributed by atoms with van der Waals surface area (Å²) in [6.07, 6.45) is -0.725. The quantitative estimate of drug-likeness (QED) is 0.772. The fourth-order valence-corrected chi connectivity index (χ4v) is 3.53. The minimum absolute atomic E-state index is 0.186. The number of carbonyl (C=O) groups is 1. The first-order valence-electron chi connectivity index (χ1n) is 8.47. The number of benzene rings is 1. The summed E-state index contributed by atoms with van der Waals surface area (Å²) in [5, 5.41) is 5.73. The Kier molecular flexibility index (Phi) is 6.25. The van der Waals surface area contributed by atoms with E-state index < -0.39 is 26.8 Å². The zero-order valence-electron chi connectivity index (χ0n) is 15.6.